The Balaban J connectivity index is 1.34. The molecule has 2 heterocycles. The number of rotatable bonds is 6. The second-order valence-electron chi connectivity index (χ2n) is 8.34. The molecule has 1 aromatic carbocycles. The Hall–Kier alpha value is -2.68. The van der Waals surface area contributed by atoms with Crippen LogP contribution in [0, 0.1) is 17.8 Å². The number of carbonyl (C=O) groups is 1. The molecule has 2 saturated carbocycles. The Morgan fingerprint density at radius 1 is 1.33 bits per heavy atom. The Morgan fingerprint density at radius 3 is 2.93 bits per heavy atom. The van der Waals surface area contributed by atoms with Crippen molar-refractivity contribution in [3.05, 3.63) is 40.9 Å². The van der Waals surface area contributed by atoms with E-state index in [9.17, 15) is 9.59 Å². The van der Waals surface area contributed by atoms with Gasteiger partial charge in [0.2, 0.25) is 11.9 Å². The molecule has 0 saturated heterocycles. The molecule has 156 valence electrons. The molecule has 2 aromatic heterocycles. The van der Waals surface area contributed by atoms with Crippen LogP contribution in [-0.2, 0) is 4.79 Å². The maximum absolute atomic E-state index is 13.0. The molecule has 3 aromatic rings. The van der Waals surface area contributed by atoms with Crippen LogP contribution in [0.15, 0.2) is 40.5 Å². The number of nitrogens with one attached hydrogen (secondary N) is 2. The summed E-state index contributed by atoms with van der Waals surface area (Å²) >= 11 is 1.23. The van der Waals surface area contributed by atoms with Crippen molar-refractivity contribution in [2.24, 2.45) is 17.8 Å². The average Bonchev–Trinajstić information content (AvgIpc) is 3.51. The minimum Gasteiger partial charge on any atom is -0.353 e. The highest BCUT2D eigenvalue weighted by molar-refractivity contribution is 7.99. The third-order valence-electron chi connectivity index (χ3n) is 6.52. The summed E-state index contributed by atoms with van der Waals surface area (Å²) in [5, 5.41) is 10.6. The molecule has 1 amide bonds. The fourth-order valence-corrected chi connectivity index (χ4v) is 5.95. The molecule has 5 rings (SSSR count). The number of H-pyrrole nitrogens is 1. The van der Waals surface area contributed by atoms with Crippen LogP contribution in [0.3, 0.4) is 0 Å². The van der Waals surface area contributed by atoms with Gasteiger partial charge in [0.25, 0.3) is 5.56 Å². The van der Waals surface area contributed by atoms with Gasteiger partial charge in [-0.25, -0.2) is 14.6 Å². The van der Waals surface area contributed by atoms with E-state index in [2.05, 4.69) is 32.4 Å². The van der Waals surface area contributed by atoms with Crippen LogP contribution in [0.1, 0.15) is 32.6 Å². The predicted molar refractivity (Wildman–Crippen MR) is 115 cm³/mol. The van der Waals surface area contributed by atoms with Gasteiger partial charge in [0.15, 0.2) is 5.16 Å². The van der Waals surface area contributed by atoms with E-state index in [4.69, 9.17) is 0 Å². The zero-order chi connectivity index (χ0) is 20.7. The summed E-state index contributed by atoms with van der Waals surface area (Å²) in [5.41, 5.74) is 0.354. The van der Waals surface area contributed by atoms with Crippen LogP contribution in [0.4, 0.5) is 0 Å². The van der Waals surface area contributed by atoms with E-state index in [0.29, 0.717) is 22.0 Å². The van der Waals surface area contributed by atoms with Crippen molar-refractivity contribution in [2.75, 3.05) is 5.75 Å². The molecule has 4 unspecified atom stereocenters. The lowest BCUT2D eigenvalue weighted by Crippen LogP contribution is -2.41. The zero-order valence-corrected chi connectivity index (χ0v) is 17.6. The standard InChI is InChI=1S/C21H24N6O2S/c1-12(16-9-13-6-7-14(16)8-13)24-18(28)10-30-21-25-17-5-3-2-4-15(17)19(29)27(21)20-22-11-23-26-20/h2-5,11-14,16H,6-10H2,1H3,(H,24,28)(H,22,23,26). The number of para-hydroxylation sites is 1. The molecule has 2 aliphatic carbocycles. The van der Waals surface area contributed by atoms with E-state index in [-0.39, 0.29) is 29.2 Å². The highest BCUT2D eigenvalue weighted by Gasteiger charge is 2.42. The zero-order valence-electron chi connectivity index (χ0n) is 16.7. The van der Waals surface area contributed by atoms with Crippen LogP contribution in [0.25, 0.3) is 16.9 Å². The van der Waals surface area contributed by atoms with Crippen molar-refractivity contribution in [2.45, 2.75) is 43.8 Å². The van der Waals surface area contributed by atoms with E-state index in [0.717, 1.165) is 11.8 Å². The van der Waals surface area contributed by atoms with Crippen molar-refractivity contribution in [1.82, 2.24) is 30.0 Å². The Morgan fingerprint density at radius 2 is 2.20 bits per heavy atom. The molecule has 9 heteroatoms. The Kier molecular flexibility index (Phi) is 5.06. The topological polar surface area (TPSA) is 106 Å². The molecule has 2 N–H and O–H groups in total. The average molecular weight is 425 g/mol. The summed E-state index contributed by atoms with van der Waals surface area (Å²) in [4.78, 5) is 34.4. The van der Waals surface area contributed by atoms with Crippen molar-refractivity contribution in [3.8, 4) is 5.95 Å². The third-order valence-corrected chi connectivity index (χ3v) is 7.45. The van der Waals surface area contributed by atoms with E-state index < -0.39 is 0 Å². The Labute approximate surface area is 177 Å². The summed E-state index contributed by atoms with van der Waals surface area (Å²) < 4.78 is 1.38. The Bertz CT molecular complexity index is 1130. The first-order chi connectivity index (χ1) is 14.6. The number of aromatic nitrogens is 5. The third kappa shape index (κ3) is 3.51. The molecule has 8 nitrogen and oxygen atoms in total. The number of amides is 1. The highest BCUT2D eigenvalue weighted by atomic mass is 32.2. The van der Waals surface area contributed by atoms with Crippen LogP contribution >= 0.6 is 11.8 Å². The summed E-state index contributed by atoms with van der Waals surface area (Å²) in [6, 6.07) is 7.34. The molecule has 2 aliphatic rings. The van der Waals surface area contributed by atoms with E-state index >= 15 is 0 Å². The van der Waals surface area contributed by atoms with Gasteiger partial charge in [0.05, 0.1) is 16.7 Å². The van der Waals surface area contributed by atoms with Crippen LogP contribution in [0.2, 0.25) is 0 Å². The first-order valence-corrected chi connectivity index (χ1v) is 11.4. The molecule has 4 atom stereocenters. The maximum atomic E-state index is 13.0. The molecular formula is C21H24N6O2S. The molecular weight excluding hydrogens is 400 g/mol. The summed E-state index contributed by atoms with van der Waals surface area (Å²) in [5.74, 6) is 2.63. The summed E-state index contributed by atoms with van der Waals surface area (Å²) in [6.07, 6.45) is 6.55. The number of hydrogen-bond donors (Lipinski definition) is 2. The second-order valence-corrected chi connectivity index (χ2v) is 9.29. The van der Waals surface area contributed by atoms with Gasteiger partial charge in [-0.3, -0.25) is 9.59 Å². The number of benzene rings is 1. The molecule has 0 radical (unpaired) electrons. The summed E-state index contributed by atoms with van der Waals surface area (Å²) in [6.45, 7) is 2.12. The molecule has 0 aliphatic heterocycles. The molecule has 0 spiro atoms. The highest BCUT2D eigenvalue weighted by Crippen LogP contribution is 2.49. The van der Waals surface area contributed by atoms with Crippen molar-refractivity contribution >= 4 is 28.6 Å². The number of fused-ring (bicyclic) bond motifs is 3. The first-order valence-electron chi connectivity index (χ1n) is 10.4. The lowest BCUT2D eigenvalue weighted by Gasteiger charge is -2.28. The minimum atomic E-state index is -0.240. The SMILES string of the molecule is CC(NC(=O)CSc1nc2ccccc2c(=O)n1-c1ncn[nH]1)C1CC2CCC1C2. The fourth-order valence-electron chi connectivity index (χ4n) is 5.14. The smallest absolute Gasteiger partial charge is 0.269 e. The largest absolute Gasteiger partial charge is 0.353 e. The molecule has 2 bridgehead atoms. The number of thioether (sulfide) groups is 1. The predicted octanol–water partition coefficient (Wildman–Crippen LogP) is 2.54. The van der Waals surface area contributed by atoms with E-state index in [1.54, 1.807) is 18.2 Å². The van der Waals surface area contributed by atoms with Crippen molar-refractivity contribution < 1.29 is 4.79 Å². The minimum absolute atomic E-state index is 0.0400. The maximum Gasteiger partial charge on any atom is 0.269 e. The van der Waals surface area contributed by atoms with Crippen LogP contribution in [0.5, 0.6) is 0 Å². The van der Waals surface area contributed by atoms with Gasteiger partial charge in [-0.15, -0.1) is 0 Å². The van der Waals surface area contributed by atoms with Gasteiger partial charge in [-0.05, 0) is 56.1 Å². The van der Waals surface area contributed by atoms with E-state index in [1.165, 1.54) is 48.3 Å². The van der Waals surface area contributed by atoms with Gasteiger partial charge in [-0.1, -0.05) is 30.3 Å². The lowest BCUT2D eigenvalue weighted by atomic mass is 9.84. The number of aromatic amines is 1. The van der Waals surface area contributed by atoms with Crippen molar-refractivity contribution in [1.29, 1.82) is 0 Å². The van der Waals surface area contributed by atoms with Gasteiger partial charge in [0, 0.05) is 6.04 Å². The quantitative estimate of drug-likeness (QED) is 0.465. The summed E-state index contributed by atoms with van der Waals surface area (Å²) in [7, 11) is 0. The number of nitrogens with zero attached hydrogens (tertiary/aromatic N) is 4. The number of hydrogen-bond acceptors (Lipinski definition) is 6. The van der Waals surface area contributed by atoms with Crippen molar-refractivity contribution in [3.63, 3.8) is 0 Å². The molecule has 2 fully saturated rings. The first kappa shape index (κ1) is 19.3. The van der Waals surface area contributed by atoms with Crippen LogP contribution in [-0.4, -0.2) is 42.4 Å². The van der Waals surface area contributed by atoms with Crippen LogP contribution < -0.4 is 10.9 Å². The molecule has 30 heavy (non-hydrogen) atoms. The van der Waals surface area contributed by atoms with E-state index in [1.807, 2.05) is 6.07 Å². The lowest BCUT2D eigenvalue weighted by molar-refractivity contribution is -0.119. The van der Waals surface area contributed by atoms with Gasteiger partial charge in [0.1, 0.15) is 6.33 Å². The van der Waals surface area contributed by atoms with Gasteiger partial charge in [-0.2, -0.15) is 10.1 Å². The monoisotopic (exact) mass is 424 g/mol. The number of carbonyl (C=O) groups excluding carboxylic acids is 1. The normalized spacial score (nSPS) is 23.7. The van der Waals surface area contributed by atoms with Gasteiger partial charge < -0.3 is 5.32 Å². The van der Waals surface area contributed by atoms with Gasteiger partial charge >= 0.3 is 0 Å². The fraction of sp³-hybridized carbons (Fsp3) is 0.476. The second kappa shape index (κ2) is 7.86.